The van der Waals surface area contributed by atoms with Crippen molar-refractivity contribution in [3.8, 4) is 5.75 Å². The molecule has 1 amide bonds. The molecule has 0 bridgehead atoms. The number of carbonyl (C=O) groups is 1. The quantitative estimate of drug-likeness (QED) is 0.574. The van der Waals surface area contributed by atoms with Crippen LogP contribution in [0.15, 0.2) is 35.0 Å². The van der Waals surface area contributed by atoms with Gasteiger partial charge in [0.15, 0.2) is 0 Å². The summed E-state index contributed by atoms with van der Waals surface area (Å²) in [6, 6.07) is 6.62. The SMILES string of the molecule is CC1=N/[13C](=C/c2ccc(O)cc2)C(=O)N1C. The van der Waals surface area contributed by atoms with Crippen LogP contribution in [0.25, 0.3) is 6.08 Å². The molecule has 0 radical (unpaired) electrons. The van der Waals surface area contributed by atoms with Crippen molar-refractivity contribution in [2.75, 3.05) is 7.05 Å². The maximum absolute atomic E-state index is 11.7. The Morgan fingerprint density at radius 1 is 1.31 bits per heavy atom. The van der Waals surface area contributed by atoms with E-state index in [4.69, 9.17) is 5.11 Å². The fourth-order valence-corrected chi connectivity index (χ4v) is 1.44. The lowest BCUT2D eigenvalue weighted by Gasteiger charge is -2.05. The number of aromatic hydroxyl groups is 1. The Balaban J connectivity index is 2.32. The normalized spacial score (nSPS) is 18.1. The summed E-state index contributed by atoms with van der Waals surface area (Å²) in [7, 11) is 1.69. The van der Waals surface area contributed by atoms with Crippen molar-refractivity contribution in [2.45, 2.75) is 6.92 Å². The van der Waals surface area contributed by atoms with Crippen LogP contribution in [-0.4, -0.2) is 28.8 Å². The second-order valence-electron chi connectivity index (χ2n) is 3.64. The summed E-state index contributed by atoms with van der Waals surface area (Å²) >= 11 is 0. The van der Waals surface area contributed by atoms with E-state index < -0.39 is 0 Å². The van der Waals surface area contributed by atoms with Gasteiger partial charge in [-0.1, -0.05) is 12.1 Å². The Morgan fingerprint density at radius 2 is 1.94 bits per heavy atom. The largest absolute Gasteiger partial charge is 0.508 e. The van der Waals surface area contributed by atoms with Gasteiger partial charge in [-0.3, -0.25) is 9.69 Å². The van der Waals surface area contributed by atoms with E-state index in [-0.39, 0.29) is 11.7 Å². The van der Waals surface area contributed by atoms with Gasteiger partial charge in [0.2, 0.25) is 0 Å². The van der Waals surface area contributed by atoms with Crippen LogP contribution in [0.2, 0.25) is 0 Å². The number of benzene rings is 1. The predicted molar refractivity (Wildman–Crippen MR) is 62.0 cm³/mol. The van der Waals surface area contributed by atoms with E-state index in [0.29, 0.717) is 11.5 Å². The lowest BCUT2D eigenvalue weighted by molar-refractivity contribution is -0.121. The molecule has 0 atom stereocenters. The van der Waals surface area contributed by atoms with Gasteiger partial charge in [0, 0.05) is 7.05 Å². The molecule has 1 aromatic carbocycles. The molecule has 0 unspecified atom stereocenters. The number of nitrogens with zero attached hydrogens (tertiary/aromatic N) is 2. The highest BCUT2D eigenvalue weighted by Crippen LogP contribution is 2.18. The van der Waals surface area contributed by atoms with Gasteiger partial charge in [-0.25, -0.2) is 4.99 Å². The third-order valence-electron chi connectivity index (χ3n) is 2.49. The highest BCUT2D eigenvalue weighted by atomic mass is 16.3. The van der Waals surface area contributed by atoms with Crippen molar-refractivity contribution in [3.05, 3.63) is 35.5 Å². The zero-order chi connectivity index (χ0) is 11.7. The summed E-state index contributed by atoms with van der Waals surface area (Å²) in [5, 5.41) is 9.13. The van der Waals surface area contributed by atoms with Crippen LogP contribution in [0.1, 0.15) is 12.5 Å². The van der Waals surface area contributed by atoms with E-state index in [1.165, 1.54) is 4.90 Å². The highest BCUT2D eigenvalue weighted by molar-refractivity contribution is 6.13. The predicted octanol–water partition coefficient (Wildman–Crippen LogP) is 1.62. The Hall–Kier alpha value is -2.10. The molecule has 16 heavy (non-hydrogen) atoms. The van der Waals surface area contributed by atoms with Crippen LogP contribution in [0.4, 0.5) is 0 Å². The van der Waals surface area contributed by atoms with Crippen molar-refractivity contribution in [3.63, 3.8) is 0 Å². The molecule has 1 N–H and O–H groups in total. The monoisotopic (exact) mass is 217 g/mol. The van der Waals surface area contributed by atoms with Gasteiger partial charge in [0.25, 0.3) is 5.91 Å². The fraction of sp³-hybridized carbons (Fsp3) is 0.167. The zero-order valence-corrected chi connectivity index (χ0v) is 9.14. The molecule has 1 aliphatic rings. The molecule has 0 spiro atoms. The molecule has 0 fully saturated rings. The molecule has 1 aliphatic heterocycles. The molecule has 1 aromatic rings. The minimum absolute atomic E-state index is 0.106. The fourth-order valence-electron chi connectivity index (χ4n) is 1.44. The standard InChI is InChI=1S/C12H12N2O2/c1-8-13-11(12(16)14(8)2)7-9-3-5-10(15)6-4-9/h3-7,15H,1-2H3/b11-7+/i11+1. The maximum atomic E-state index is 11.7. The van der Waals surface area contributed by atoms with Crippen LogP contribution < -0.4 is 0 Å². The molecule has 0 saturated heterocycles. The lowest BCUT2D eigenvalue weighted by Crippen LogP contribution is -2.25. The minimum atomic E-state index is -0.106. The van der Waals surface area contributed by atoms with Crippen LogP contribution in [0, 0.1) is 0 Å². The minimum Gasteiger partial charge on any atom is -0.508 e. The highest BCUT2D eigenvalue weighted by Gasteiger charge is 2.23. The molecule has 0 aromatic heterocycles. The third-order valence-corrected chi connectivity index (χ3v) is 2.49. The number of amidine groups is 1. The first kappa shape index (κ1) is 10.4. The first-order chi connectivity index (χ1) is 7.58. The van der Waals surface area contributed by atoms with Crippen molar-refractivity contribution in [1.82, 2.24) is 4.90 Å². The molecule has 4 heteroatoms. The number of aliphatic imine (C=N–C) groups is 1. The van der Waals surface area contributed by atoms with E-state index in [1.807, 2.05) is 0 Å². The van der Waals surface area contributed by atoms with Crippen LogP contribution in [0.3, 0.4) is 0 Å². The van der Waals surface area contributed by atoms with E-state index >= 15 is 0 Å². The molecule has 82 valence electrons. The maximum Gasteiger partial charge on any atom is 0.277 e. The summed E-state index contributed by atoms with van der Waals surface area (Å²) < 4.78 is 0. The van der Waals surface area contributed by atoms with Crippen molar-refractivity contribution in [1.29, 1.82) is 0 Å². The second kappa shape index (κ2) is 3.81. The van der Waals surface area contributed by atoms with Crippen molar-refractivity contribution >= 4 is 17.8 Å². The Morgan fingerprint density at radius 3 is 2.44 bits per heavy atom. The lowest BCUT2D eigenvalue weighted by atomic mass is 10.2. The van der Waals surface area contributed by atoms with E-state index in [2.05, 4.69) is 4.99 Å². The number of phenolic OH excluding ortho intramolecular Hbond substituents is 1. The summed E-state index contributed by atoms with van der Waals surface area (Å²) in [5.74, 6) is 0.789. The van der Waals surface area contributed by atoms with Gasteiger partial charge >= 0.3 is 0 Å². The molecule has 1 heterocycles. The Labute approximate surface area is 93.5 Å². The first-order valence-corrected chi connectivity index (χ1v) is 4.92. The van der Waals surface area contributed by atoms with Crippen LogP contribution >= 0.6 is 0 Å². The zero-order valence-electron chi connectivity index (χ0n) is 9.14. The summed E-state index contributed by atoms with van der Waals surface area (Å²) in [4.78, 5) is 17.3. The van der Waals surface area contributed by atoms with Crippen molar-refractivity contribution < 1.29 is 9.90 Å². The topological polar surface area (TPSA) is 52.9 Å². The van der Waals surface area contributed by atoms with Gasteiger partial charge in [-0.2, -0.15) is 0 Å². The van der Waals surface area contributed by atoms with Gasteiger partial charge in [-0.15, -0.1) is 0 Å². The van der Waals surface area contributed by atoms with Gasteiger partial charge < -0.3 is 5.11 Å². The van der Waals surface area contributed by atoms with E-state index in [1.54, 1.807) is 44.3 Å². The molecule has 0 aliphatic carbocycles. The average Bonchev–Trinajstić information content (AvgIpc) is 2.50. The van der Waals surface area contributed by atoms with Gasteiger partial charge in [0.1, 0.15) is 17.3 Å². The van der Waals surface area contributed by atoms with Gasteiger partial charge in [-0.05, 0) is 30.7 Å². The number of rotatable bonds is 1. The summed E-state index contributed by atoms with van der Waals surface area (Å²) in [5.41, 5.74) is 1.26. The van der Waals surface area contributed by atoms with Crippen LogP contribution in [0.5, 0.6) is 5.75 Å². The van der Waals surface area contributed by atoms with Crippen molar-refractivity contribution in [2.24, 2.45) is 4.99 Å². The average molecular weight is 217 g/mol. The number of likely N-dealkylation sites (N-methyl/N-ethyl adjacent to an activating group) is 1. The number of hydrogen-bond donors (Lipinski definition) is 1. The number of hydrogen-bond acceptors (Lipinski definition) is 3. The number of amides is 1. The second-order valence-corrected chi connectivity index (χ2v) is 3.64. The molecule has 2 rings (SSSR count). The Bertz CT molecular complexity index is 486. The summed E-state index contributed by atoms with van der Waals surface area (Å²) in [6.07, 6.45) is 1.70. The van der Waals surface area contributed by atoms with Crippen LogP contribution in [-0.2, 0) is 4.79 Å². The molecule has 0 saturated carbocycles. The summed E-state index contributed by atoms with van der Waals surface area (Å²) in [6.45, 7) is 1.79. The molecular weight excluding hydrogens is 205 g/mol. The van der Waals surface area contributed by atoms with E-state index in [0.717, 1.165) is 5.56 Å². The number of phenols is 1. The molecule has 4 nitrogen and oxygen atoms in total. The smallest absolute Gasteiger partial charge is 0.277 e. The van der Waals surface area contributed by atoms with E-state index in [9.17, 15) is 4.79 Å². The first-order valence-electron chi connectivity index (χ1n) is 4.92. The third kappa shape index (κ3) is 1.82. The van der Waals surface area contributed by atoms with Gasteiger partial charge in [0.05, 0.1) is 0 Å². The Kier molecular flexibility index (Phi) is 2.48. The number of carbonyl (C=O) groups excluding carboxylic acids is 1. The molecular formula is C12H12N2O2.